The van der Waals surface area contributed by atoms with E-state index in [0.29, 0.717) is 17.4 Å². The monoisotopic (exact) mass is 450 g/mol. The maximum Gasteiger partial charge on any atom is 0.0217 e. The number of aryl methyl sites for hydroxylation is 2. The quantitative estimate of drug-likeness (QED) is 0.359. The van der Waals surface area contributed by atoms with Crippen molar-refractivity contribution in [3.8, 4) is 0 Å². The Morgan fingerprint density at radius 3 is 2.61 bits per heavy atom. The van der Waals surface area contributed by atoms with Gasteiger partial charge in [-0.2, -0.15) is 0 Å². The molecule has 0 bridgehead atoms. The molecule has 3 rings (SSSR count). The topological polar surface area (TPSA) is 6.48 Å². The number of likely N-dealkylation sites (tertiary alicyclic amines) is 1. The van der Waals surface area contributed by atoms with E-state index in [1.54, 1.807) is 5.56 Å². The number of likely N-dealkylation sites (N-methyl/N-ethyl adjacent to an activating group) is 1. The Kier molecular flexibility index (Phi) is 9.82. The van der Waals surface area contributed by atoms with E-state index in [1.165, 1.54) is 81.3 Å². The molecule has 1 aromatic carbocycles. The van der Waals surface area contributed by atoms with Crippen LogP contribution in [-0.4, -0.2) is 49.6 Å². The predicted octanol–water partition coefficient (Wildman–Crippen LogP) is 7.53. The molecule has 0 radical (unpaired) electrons. The minimum atomic E-state index is 0.434. The average Bonchev–Trinajstić information content (AvgIpc) is 2.81. The SMILES string of the molecule is C/C=C\C=C(/C)CCc1ccc(C(CN2CCCC(N(C)C)C2)C2(C)CCCCC2)cc1C. The van der Waals surface area contributed by atoms with Gasteiger partial charge in [-0.25, -0.2) is 0 Å². The maximum atomic E-state index is 2.79. The first-order chi connectivity index (χ1) is 15.8. The molecule has 2 nitrogen and oxygen atoms in total. The van der Waals surface area contributed by atoms with Crippen molar-refractivity contribution in [3.63, 3.8) is 0 Å². The Balaban J connectivity index is 1.79. The summed E-state index contributed by atoms with van der Waals surface area (Å²) in [5, 5.41) is 0. The van der Waals surface area contributed by atoms with Crippen molar-refractivity contribution in [1.82, 2.24) is 9.80 Å². The molecule has 184 valence electrons. The predicted molar refractivity (Wildman–Crippen MR) is 145 cm³/mol. The fourth-order valence-corrected chi connectivity index (χ4v) is 6.20. The van der Waals surface area contributed by atoms with Crippen LogP contribution >= 0.6 is 0 Å². The number of nitrogens with zero attached hydrogens (tertiary/aromatic N) is 2. The van der Waals surface area contributed by atoms with E-state index < -0.39 is 0 Å². The summed E-state index contributed by atoms with van der Waals surface area (Å²) in [5.74, 6) is 0.641. The van der Waals surface area contributed by atoms with Crippen LogP contribution in [0.4, 0.5) is 0 Å². The summed E-state index contributed by atoms with van der Waals surface area (Å²) in [5.41, 5.74) is 6.49. The molecule has 2 fully saturated rings. The Labute approximate surface area is 205 Å². The lowest BCUT2D eigenvalue weighted by atomic mass is 9.64. The Bertz CT molecular complexity index is 797. The van der Waals surface area contributed by atoms with Gasteiger partial charge in [-0.1, -0.05) is 68.2 Å². The largest absolute Gasteiger partial charge is 0.305 e. The Morgan fingerprint density at radius 1 is 1.18 bits per heavy atom. The molecule has 2 aliphatic rings. The molecular weight excluding hydrogens is 400 g/mol. The van der Waals surface area contributed by atoms with Crippen molar-refractivity contribution in [2.24, 2.45) is 5.41 Å². The van der Waals surface area contributed by atoms with Gasteiger partial charge >= 0.3 is 0 Å². The van der Waals surface area contributed by atoms with Gasteiger partial charge in [0, 0.05) is 25.0 Å². The molecule has 0 N–H and O–H groups in total. The maximum absolute atomic E-state index is 2.79. The number of hydrogen-bond acceptors (Lipinski definition) is 2. The zero-order chi connectivity index (χ0) is 23.8. The van der Waals surface area contributed by atoms with E-state index in [9.17, 15) is 0 Å². The zero-order valence-electron chi connectivity index (χ0n) is 22.5. The number of piperidine rings is 1. The highest BCUT2D eigenvalue weighted by Crippen LogP contribution is 2.48. The summed E-state index contributed by atoms with van der Waals surface area (Å²) in [7, 11) is 4.51. The molecule has 1 saturated heterocycles. The van der Waals surface area contributed by atoms with E-state index in [2.05, 4.69) is 88.0 Å². The second-order valence-electron chi connectivity index (χ2n) is 11.5. The van der Waals surface area contributed by atoms with Gasteiger partial charge in [-0.05, 0) is 102 Å². The highest BCUT2D eigenvalue weighted by Gasteiger charge is 2.38. The van der Waals surface area contributed by atoms with Crippen LogP contribution in [0.1, 0.15) is 94.7 Å². The second-order valence-corrected chi connectivity index (χ2v) is 11.5. The third-order valence-corrected chi connectivity index (χ3v) is 8.62. The van der Waals surface area contributed by atoms with Gasteiger partial charge in [-0.3, -0.25) is 0 Å². The minimum absolute atomic E-state index is 0.434. The van der Waals surface area contributed by atoms with Crippen molar-refractivity contribution in [2.75, 3.05) is 33.7 Å². The average molecular weight is 451 g/mol. The van der Waals surface area contributed by atoms with E-state index in [-0.39, 0.29) is 0 Å². The summed E-state index contributed by atoms with van der Waals surface area (Å²) in [4.78, 5) is 5.23. The summed E-state index contributed by atoms with van der Waals surface area (Å²) in [6.07, 6.45) is 18.5. The van der Waals surface area contributed by atoms with E-state index >= 15 is 0 Å². The number of benzene rings is 1. The fraction of sp³-hybridized carbons (Fsp3) is 0.677. The smallest absolute Gasteiger partial charge is 0.0217 e. The molecule has 1 saturated carbocycles. The standard InChI is InChI=1S/C31H50N2/c1-7-8-13-25(2)15-16-27-17-18-28(22-26(27)3)30(31(4)19-10-9-11-20-31)24-33-21-12-14-29(23-33)32(5)6/h7-8,13,17-18,22,29-30H,9-12,14-16,19-21,23-24H2,1-6H3/b8-7-,25-13+. The third kappa shape index (κ3) is 7.30. The summed E-state index contributed by atoms with van der Waals surface area (Å²) in [6.45, 7) is 13.0. The van der Waals surface area contributed by atoms with Crippen molar-refractivity contribution >= 4 is 0 Å². The van der Waals surface area contributed by atoms with Crippen LogP contribution in [0.25, 0.3) is 0 Å². The van der Waals surface area contributed by atoms with E-state index in [4.69, 9.17) is 0 Å². The lowest BCUT2D eigenvalue weighted by Crippen LogP contribution is -2.48. The normalized spacial score (nSPS) is 23.4. The molecule has 0 aromatic heterocycles. The molecule has 0 spiro atoms. The summed E-state index contributed by atoms with van der Waals surface area (Å²) in [6, 6.07) is 8.20. The number of hydrogen-bond donors (Lipinski definition) is 0. The van der Waals surface area contributed by atoms with Gasteiger partial charge < -0.3 is 9.80 Å². The van der Waals surface area contributed by atoms with E-state index in [1.807, 2.05) is 0 Å². The molecule has 1 heterocycles. The summed E-state index contributed by atoms with van der Waals surface area (Å²) >= 11 is 0. The van der Waals surface area contributed by atoms with Crippen molar-refractivity contribution in [3.05, 3.63) is 58.7 Å². The van der Waals surface area contributed by atoms with Crippen LogP contribution in [0.15, 0.2) is 42.0 Å². The van der Waals surface area contributed by atoms with Gasteiger partial charge in [0.1, 0.15) is 0 Å². The van der Waals surface area contributed by atoms with Crippen LogP contribution in [0.3, 0.4) is 0 Å². The fourth-order valence-electron chi connectivity index (χ4n) is 6.20. The van der Waals surface area contributed by atoms with Crippen LogP contribution in [0, 0.1) is 12.3 Å². The van der Waals surface area contributed by atoms with Crippen LogP contribution < -0.4 is 0 Å². The second kappa shape index (κ2) is 12.4. The molecule has 1 aliphatic carbocycles. The molecule has 2 heteroatoms. The van der Waals surface area contributed by atoms with Crippen LogP contribution in [-0.2, 0) is 6.42 Å². The van der Waals surface area contributed by atoms with E-state index in [0.717, 1.165) is 12.8 Å². The van der Waals surface area contributed by atoms with Crippen molar-refractivity contribution in [2.45, 2.75) is 97.4 Å². The van der Waals surface area contributed by atoms with Crippen molar-refractivity contribution in [1.29, 1.82) is 0 Å². The molecule has 2 atom stereocenters. The van der Waals surface area contributed by atoms with Crippen LogP contribution in [0.5, 0.6) is 0 Å². The molecule has 1 aliphatic heterocycles. The first kappa shape index (κ1) is 26.2. The van der Waals surface area contributed by atoms with Gasteiger partial charge in [0.15, 0.2) is 0 Å². The van der Waals surface area contributed by atoms with Crippen molar-refractivity contribution < 1.29 is 0 Å². The van der Waals surface area contributed by atoms with Gasteiger partial charge in [0.2, 0.25) is 0 Å². The Morgan fingerprint density at radius 2 is 1.94 bits per heavy atom. The van der Waals surface area contributed by atoms with Gasteiger partial charge in [0.25, 0.3) is 0 Å². The van der Waals surface area contributed by atoms with Gasteiger partial charge in [0.05, 0.1) is 0 Å². The lowest BCUT2D eigenvalue weighted by molar-refractivity contribution is 0.0867. The zero-order valence-corrected chi connectivity index (χ0v) is 22.5. The molecule has 2 unspecified atom stereocenters. The van der Waals surface area contributed by atoms with Gasteiger partial charge in [-0.15, -0.1) is 0 Å². The molecule has 1 aromatic rings. The molecule has 0 amide bonds. The lowest BCUT2D eigenvalue weighted by Gasteiger charge is -2.45. The first-order valence-corrected chi connectivity index (χ1v) is 13.6. The minimum Gasteiger partial charge on any atom is -0.305 e. The molecule has 33 heavy (non-hydrogen) atoms. The summed E-state index contributed by atoms with van der Waals surface area (Å²) < 4.78 is 0. The number of allylic oxidation sites excluding steroid dienone is 4. The third-order valence-electron chi connectivity index (χ3n) is 8.62. The Hall–Kier alpha value is -1.38. The first-order valence-electron chi connectivity index (χ1n) is 13.6. The number of rotatable bonds is 9. The highest BCUT2D eigenvalue weighted by atomic mass is 15.2. The molecular formula is C31H50N2. The highest BCUT2D eigenvalue weighted by molar-refractivity contribution is 5.35. The van der Waals surface area contributed by atoms with Crippen LogP contribution in [0.2, 0.25) is 0 Å².